The molecule has 0 N–H and O–H groups in total. The maximum absolute atomic E-state index is 12.6. The molecule has 0 saturated heterocycles. The van der Waals surface area contributed by atoms with Gasteiger partial charge in [-0.15, -0.1) is 0 Å². The van der Waals surface area contributed by atoms with Crippen LogP contribution in [-0.2, 0) is 6.18 Å². The second-order valence-corrected chi connectivity index (χ2v) is 5.13. The molecule has 4 heteroatoms. The molecule has 0 unspecified atom stereocenters. The first-order valence-electron chi connectivity index (χ1n) is 6.32. The normalized spacial score (nSPS) is 11.8. The van der Waals surface area contributed by atoms with Crippen LogP contribution in [0.1, 0.15) is 5.56 Å². The van der Waals surface area contributed by atoms with Crippen molar-refractivity contribution < 1.29 is 13.2 Å². The van der Waals surface area contributed by atoms with E-state index in [4.69, 9.17) is 11.6 Å². The molecule has 0 atom stereocenters. The van der Waals surface area contributed by atoms with Crippen LogP contribution >= 0.6 is 11.6 Å². The van der Waals surface area contributed by atoms with Crippen molar-refractivity contribution in [2.75, 3.05) is 0 Å². The highest BCUT2D eigenvalue weighted by atomic mass is 35.5. The van der Waals surface area contributed by atoms with Crippen LogP contribution in [0.15, 0.2) is 60.7 Å². The molecule has 0 saturated carbocycles. The molecule has 0 fully saturated rings. The molecule has 0 aliphatic heterocycles. The number of hydrogen-bond acceptors (Lipinski definition) is 0. The lowest BCUT2D eigenvalue weighted by Gasteiger charge is -2.08. The summed E-state index contributed by atoms with van der Waals surface area (Å²) in [4.78, 5) is 0. The number of fused-ring (bicyclic) bond motifs is 1. The zero-order valence-corrected chi connectivity index (χ0v) is 11.5. The fraction of sp³-hybridized carbons (Fsp3) is 0.0588. The summed E-state index contributed by atoms with van der Waals surface area (Å²) in [6.07, 6.45) is -4.32. The van der Waals surface area contributed by atoms with Crippen molar-refractivity contribution in [1.29, 1.82) is 0 Å². The molecule has 0 nitrogen and oxygen atoms in total. The molecular formula is C17H10ClF3. The van der Waals surface area contributed by atoms with E-state index in [1.807, 2.05) is 30.3 Å². The zero-order valence-electron chi connectivity index (χ0n) is 10.8. The lowest BCUT2D eigenvalue weighted by atomic mass is 10.0. The first kappa shape index (κ1) is 14.0. The van der Waals surface area contributed by atoms with Crippen LogP contribution in [0.5, 0.6) is 0 Å². The SMILES string of the molecule is FC(F)(F)c1ccc(-c2cc(Cl)c3cccccc2-3)cc1. The van der Waals surface area contributed by atoms with Gasteiger partial charge in [-0.25, -0.2) is 0 Å². The van der Waals surface area contributed by atoms with Crippen molar-refractivity contribution >= 4 is 11.6 Å². The lowest BCUT2D eigenvalue weighted by Crippen LogP contribution is -2.03. The van der Waals surface area contributed by atoms with E-state index in [1.165, 1.54) is 12.1 Å². The Bertz CT molecular complexity index is 745. The Morgan fingerprint density at radius 1 is 0.714 bits per heavy atom. The van der Waals surface area contributed by atoms with E-state index < -0.39 is 11.7 Å². The Labute approximate surface area is 125 Å². The van der Waals surface area contributed by atoms with Gasteiger partial charge in [-0.2, -0.15) is 13.2 Å². The molecular weight excluding hydrogens is 297 g/mol. The molecule has 0 amide bonds. The lowest BCUT2D eigenvalue weighted by molar-refractivity contribution is -0.137. The second kappa shape index (κ2) is 5.08. The predicted octanol–water partition coefficient (Wildman–Crippen LogP) is 6.13. The second-order valence-electron chi connectivity index (χ2n) is 4.72. The number of halogens is 4. The van der Waals surface area contributed by atoms with E-state index in [2.05, 4.69) is 0 Å². The van der Waals surface area contributed by atoms with Crippen LogP contribution in [0.25, 0.3) is 22.3 Å². The summed E-state index contributed by atoms with van der Waals surface area (Å²) in [7, 11) is 0. The van der Waals surface area contributed by atoms with Crippen molar-refractivity contribution in [3.05, 3.63) is 71.2 Å². The number of hydrogen-bond donors (Lipinski definition) is 0. The predicted molar refractivity (Wildman–Crippen MR) is 78.5 cm³/mol. The molecule has 3 rings (SSSR count). The Balaban J connectivity index is 2.10. The molecule has 2 aliphatic carbocycles. The molecule has 0 aromatic heterocycles. The quantitative estimate of drug-likeness (QED) is 0.507. The van der Waals surface area contributed by atoms with Crippen molar-refractivity contribution in [3.8, 4) is 22.3 Å². The first-order chi connectivity index (χ1) is 9.97. The van der Waals surface area contributed by atoms with Gasteiger partial charge in [-0.3, -0.25) is 0 Å². The van der Waals surface area contributed by atoms with Gasteiger partial charge in [0.1, 0.15) is 0 Å². The van der Waals surface area contributed by atoms with Crippen molar-refractivity contribution in [2.24, 2.45) is 0 Å². The standard InChI is InChI=1S/C17H10ClF3/c18-16-10-15(13-4-2-1-3-5-14(13)16)11-6-8-12(9-7-11)17(19,20)21/h1-10H. The summed E-state index contributed by atoms with van der Waals surface area (Å²) in [5.41, 5.74) is 2.70. The van der Waals surface area contributed by atoms with Crippen LogP contribution in [0.4, 0.5) is 13.2 Å². The minimum Gasteiger partial charge on any atom is -0.166 e. The zero-order chi connectivity index (χ0) is 15.0. The Hall–Kier alpha value is -2.00. The first-order valence-corrected chi connectivity index (χ1v) is 6.69. The van der Waals surface area contributed by atoms with Gasteiger partial charge in [0.15, 0.2) is 0 Å². The average Bonchev–Trinajstić information content (AvgIpc) is 2.64. The minimum atomic E-state index is -4.32. The van der Waals surface area contributed by atoms with Crippen molar-refractivity contribution in [3.63, 3.8) is 0 Å². The summed E-state index contributed by atoms with van der Waals surface area (Å²) < 4.78 is 37.8. The Morgan fingerprint density at radius 3 is 1.95 bits per heavy atom. The minimum absolute atomic E-state index is 0.594. The number of benzene rings is 1. The van der Waals surface area contributed by atoms with Crippen LogP contribution in [0.3, 0.4) is 0 Å². The summed E-state index contributed by atoms with van der Waals surface area (Å²) in [5.74, 6) is 0. The smallest absolute Gasteiger partial charge is 0.166 e. The molecule has 1 aromatic carbocycles. The third-order valence-corrected chi connectivity index (χ3v) is 3.69. The molecule has 1 aromatic rings. The van der Waals surface area contributed by atoms with Crippen LogP contribution < -0.4 is 0 Å². The van der Waals surface area contributed by atoms with E-state index >= 15 is 0 Å². The molecule has 0 radical (unpaired) electrons. The van der Waals surface area contributed by atoms with Gasteiger partial charge in [0, 0.05) is 10.6 Å². The molecule has 0 heterocycles. The van der Waals surface area contributed by atoms with Gasteiger partial charge in [0.25, 0.3) is 0 Å². The van der Waals surface area contributed by atoms with Crippen LogP contribution in [0, 0.1) is 0 Å². The van der Waals surface area contributed by atoms with Gasteiger partial charge in [-0.05, 0) is 34.9 Å². The summed E-state index contributed by atoms with van der Waals surface area (Å²) in [6.45, 7) is 0. The summed E-state index contributed by atoms with van der Waals surface area (Å²) in [5, 5.41) is 0.594. The number of alkyl halides is 3. The van der Waals surface area contributed by atoms with Crippen molar-refractivity contribution in [1.82, 2.24) is 0 Å². The monoisotopic (exact) mass is 306 g/mol. The topological polar surface area (TPSA) is 0 Å². The average molecular weight is 307 g/mol. The van der Waals surface area contributed by atoms with E-state index in [0.717, 1.165) is 28.8 Å². The Morgan fingerprint density at radius 2 is 1.33 bits per heavy atom. The Kier molecular flexibility index (Phi) is 3.38. The molecule has 106 valence electrons. The summed E-state index contributed by atoms with van der Waals surface area (Å²) >= 11 is 6.21. The van der Waals surface area contributed by atoms with E-state index in [9.17, 15) is 13.2 Å². The third kappa shape index (κ3) is 2.61. The van der Waals surface area contributed by atoms with Crippen LogP contribution in [0.2, 0.25) is 5.02 Å². The molecule has 2 aliphatic rings. The maximum Gasteiger partial charge on any atom is 0.416 e. The highest BCUT2D eigenvalue weighted by Gasteiger charge is 2.30. The van der Waals surface area contributed by atoms with Gasteiger partial charge < -0.3 is 0 Å². The molecule has 21 heavy (non-hydrogen) atoms. The van der Waals surface area contributed by atoms with Gasteiger partial charge in [0.05, 0.1) is 5.56 Å². The van der Waals surface area contributed by atoms with E-state index in [0.29, 0.717) is 10.6 Å². The van der Waals surface area contributed by atoms with E-state index in [1.54, 1.807) is 6.07 Å². The fourth-order valence-electron chi connectivity index (χ4n) is 2.35. The van der Waals surface area contributed by atoms with Crippen LogP contribution in [-0.4, -0.2) is 0 Å². The molecule has 0 bridgehead atoms. The molecule has 0 spiro atoms. The fourth-order valence-corrected chi connectivity index (χ4v) is 2.62. The summed E-state index contributed by atoms with van der Waals surface area (Å²) in [6, 6.07) is 16.4. The largest absolute Gasteiger partial charge is 0.416 e. The highest BCUT2D eigenvalue weighted by molar-refractivity contribution is 6.34. The van der Waals surface area contributed by atoms with E-state index in [-0.39, 0.29) is 0 Å². The van der Waals surface area contributed by atoms with Crippen molar-refractivity contribution in [2.45, 2.75) is 6.18 Å². The number of rotatable bonds is 1. The highest BCUT2D eigenvalue weighted by Crippen LogP contribution is 2.41. The van der Waals surface area contributed by atoms with Gasteiger partial charge >= 0.3 is 6.18 Å². The maximum atomic E-state index is 12.6. The van der Waals surface area contributed by atoms with Gasteiger partial charge in [0.2, 0.25) is 0 Å². The van der Waals surface area contributed by atoms with Gasteiger partial charge in [-0.1, -0.05) is 54.1 Å². The third-order valence-electron chi connectivity index (χ3n) is 3.38.